The van der Waals surface area contributed by atoms with E-state index in [0.717, 1.165) is 6.07 Å². The molecule has 8 heteroatoms. The van der Waals surface area contributed by atoms with Gasteiger partial charge in [-0.1, -0.05) is 5.16 Å². The molecule has 0 aliphatic rings. The lowest BCUT2D eigenvalue weighted by molar-refractivity contribution is -0.114. The molecule has 0 atom stereocenters. The quantitative estimate of drug-likeness (QED) is 0.910. The summed E-state index contributed by atoms with van der Waals surface area (Å²) in [5, 5.41) is 8.76. The van der Waals surface area contributed by atoms with Gasteiger partial charge >= 0.3 is 6.03 Å². The van der Waals surface area contributed by atoms with Gasteiger partial charge in [0, 0.05) is 19.7 Å². The summed E-state index contributed by atoms with van der Waals surface area (Å²) in [4.78, 5) is 24.6. The Balaban J connectivity index is 2.21. The number of carbonyl (C=O) groups excluding carboxylic acids is 2. The number of urea groups is 1. The van der Waals surface area contributed by atoms with Crippen molar-refractivity contribution in [2.45, 2.75) is 20.8 Å². The Bertz CT molecular complexity index is 738. The fourth-order valence-corrected chi connectivity index (χ4v) is 2.16. The normalized spacial score (nSPS) is 10.3. The number of hydrogen-bond acceptors (Lipinski definition) is 4. The maximum atomic E-state index is 13.9. The Kier molecular flexibility index (Phi) is 4.63. The van der Waals surface area contributed by atoms with Crippen molar-refractivity contribution in [3.63, 3.8) is 0 Å². The molecule has 23 heavy (non-hydrogen) atoms. The highest BCUT2D eigenvalue weighted by Crippen LogP contribution is 2.25. The molecule has 2 N–H and O–H groups in total. The Morgan fingerprint density at radius 1 is 1.26 bits per heavy atom. The minimum atomic E-state index is -0.611. The lowest BCUT2D eigenvalue weighted by Crippen LogP contribution is -2.32. The lowest BCUT2D eigenvalue weighted by atomic mass is 10.2. The van der Waals surface area contributed by atoms with Gasteiger partial charge in [-0.2, -0.15) is 0 Å². The van der Waals surface area contributed by atoms with E-state index >= 15 is 0 Å². The molecule has 2 rings (SSSR count). The number of hydrogen-bond donors (Lipinski definition) is 2. The van der Waals surface area contributed by atoms with E-state index in [-0.39, 0.29) is 11.6 Å². The molecule has 0 unspecified atom stereocenters. The number of nitrogens with zero attached hydrogens (tertiary/aromatic N) is 2. The zero-order valence-electron chi connectivity index (χ0n) is 13.2. The summed E-state index contributed by atoms with van der Waals surface area (Å²) in [7, 11) is 1.53. The number of nitrogens with one attached hydrogen (secondary N) is 2. The van der Waals surface area contributed by atoms with Crippen LogP contribution >= 0.6 is 0 Å². The van der Waals surface area contributed by atoms with Crippen molar-refractivity contribution in [3.05, 3.63) is 35.5 Å². The molecule has 0 fully saturated rings. The second kappa shape index (κ2) is 6.47. The molecule has 0 bridgehead atoms. The molecule has 0 spiro atoms. The van der Waals surface area contributed by atoms with Gasteiger partial charge < -0.3 is 15.2 Å². The molecule has 1 aromatic heterocycles. The smallest absolute Gasteiger partial charge is 0.326 e. The monoisotopic (exact) mass is 320 g/mol. The molecule has 0 aliphatic heterocycles. The summed E-state index contributed by atoms with van der Waals surface area (Å²) in [5.74, 6) is -0.422. The number of aryl methyl sites for hydroxylation is 2. The van der Waals surface area contributed by atoms with Crippen LogP contribution < -0.4 is 15.5 Å². The van der Waals surface area contributed by atoms with Crippen LogP contribution in [-0.2, 0) is 4.79 Å². The van der Waals surface area contributed by atoms with Gasteiger partial charge in [-0.05, 0) is 32.0 Å². The summed E-state index contributed by atoms with van der Waals surface area (Å²) < 4.78 is 18.9. The van der Waals surface area contributed by atoms with Gasteiger partial charge in [-0.15, -0.1) is 0 Å². The third-order valence-electron chi connectivity index (χ3n) is 3.16. The van der Waals surface area contributed by atoms with Crippen molar-refractivity contribution in [1.82, 2.24) is 5.16 Å². The number of anilines is 3. The predicted molar refractivity (Wildman–Crippen MR) is 84.1 cm³/mol. The Hall–Kier alpha value is -2.90. The number of benzene rings is 1. The average Bonchev–Trinajstić information content (AvgIpc) is 2.80. The maximum Gasteiger partial charge on any atom is 0.326 e. The van der Waals surface area contributed by atoms with E-state index in [4.69, 9.17) is 4.52 Å². The van der Waals surface area contributed by atoms with Crippen molar-refractivity contribution in [1.29, 1.82) is 0 Å². The second-order valence-electron chi connectivity index (χ2n) is 5.04. The second-order valence-corrected chi connectivity index (χ2v) is 5.04. The minimum Gasteiger partial charge on any atom is -0.359 e. The van der Waals surface area contributed by atoms with Crippen LogP contribution in [0.3, 0.4) is 0 Å². The highest BCUT2D eigenvalue weighted by Gasteiger charge is 2.20. The van der Waals surface area contributed by atoms with Crippen LogP contribution in [0.2, 0.25) is 0 Å². The highest BCUT2D eigenvalue weighted by molar-refractivity contribution is 6.02. The van der Waals surface area contributed by atoms with Gasteiger partial charge in [0.2, 0.25) is 5.91 Å². The summed E-state index contributed by atoms with van der Waals surface area (Å²) >= 11 is 0. The molecule has 1 heterocycles. The van der Waals surface area contributed by atoms with Crippen LogP contribution in [0, 0.1) is 19.7 Å². The van der Waals surface area contributed by atoms with E-state index in [1.54, 1.807) is 13.8 Å². The van der Waals surface area contributed by atoms with Gasteiger partial charge in [0.25, 0.3) is 0 Å². The first-order chi connectivity index (χ1) is 10.8. The van der Waals surface area contributed by atoms with Gasteiger partial charge in [-0.3, -0.25) is 9.69 Å². The molecule has 0 saturated heterocycles. The van der Waals surface area contributed by atoms with Crippen LogP contribution in [0.15, 0.2) is 22.7 Å². The van der Waals surface area contributed by atoms with Gasteiger partial charge in [0.15, 0.2) is 5.76 Å². The Morgan fingerprint density at radius 3 is 2.52 bits per heavy atom. The lowest BCUT2D eigenvalue weighted by Gasteiger charge is -2.18. The summed E-state index contributed by atoms with van der Waals surface area (Å²) in [6.07, 6.45) is 0. The van der Waals surface area contributed by atoms with Gasteiger partial charge in [0.1, 0.15) is 17.2 Å². The zero-order valence-corrected chi connectivity index (χ0v) is 13.2. The van der Waals surface area contributed by atoms with E-state index in [1.165, 1.54) is 31.0 Å². The van der Waals surface area contributed by atoms with Crippen LogP contribution in [-0.4, -0.2) is 24.1 Å². The van der Waals surface area contributed by atoms with Gasteiger partial charge in [0.05, 0.1) is 5.69 Å². The molecule has 122 valence electrons. The summed E-state index contributed by atoms with van der Waals surface area (Å²) in [6, 6.07) is 3.36. The van der Waals surface area contributed by atoms with Crippen LogP contribution in [0.4, 0.5) is 26.2 Å². The van der Waals surface area contributed by atoms with Gasteiger partial charge in [-0.25, -0.2) is 9.18 Å². The van der Waals surface area contributed by atoms with Crippen LogP contribution in [0.1, 0.15) is 18.4 Å². The molecule has 0 aliphatic carbocycles. The van der Waals surface area contributed by atoms with Crippen molar-refractivity contribution in [2.24, 2.45) is 0 Å². The van der Waals surface area contributed by atoms with E-state index in [2.05, 4.69) is 15.8 Å². The number of carbonyl (C=O) groups is 2. The maximum absolute atomic E-state index is 13.9. The molecular weight excluding hydrogens is 303 g/mol. The van der Waals surface area contributed by atoms with Crippen molar-refractivity contribution >= 4 is 29.0 Å². The molecule has 2 aromatic rings. The molecule has 0 radical (unpaired) electrons. The van der Waals surface area contributed by atoms with Crippen molar-refractivity contribution in [3.8, 4) is 0 Å². The number of aromatic nitrogens is 1. The zero-order chi connectivity index (χ0) is 17.1. The predicted octanol–water partition coefficient (Wildman–Crippen LogP) is 3.06. The van der Waals surface area contributed by atoms with E-state index < -0.39 is 11.8 Å². The molecular formula is C15H17FN4O3. The van der Waals surface area contributed by atoms with Crippen LogP contribution in [0.25, 0.3) is 0 Å². The minimum absolute atomic E-state index is 0.0418. The first kappa shape index (κ1) is 16.5. The first-order valence-corrected chi connectivity index (χ1v) is 6.84. The molecule has 3 amide bonds. The fraction of sp³-hybridized carbons (Fsp3) is 0.267. The summed E-state index contributed by atoms with van der Waals surface area (Å²) in [6.45, 7) is 4.72. The third-order valence-corrected chi connectivity index (χ3v) is 3.16. The van der Waals surface area contributed by atoms with Crippen LogP contribution in [0.5, 0.6) is 0 Å². The Labute approximate surface area is 132 Å². The van der Waals surface area contributed by atoms with Crippen molar-refractivity contribution < 1.29 is 18.5 Å². The SMILES string of the molecule is CC(=O)Nc1ccc(F)c(NC(=O)N(C)c2c(C)noc2C)c1. The fourth-order valence-electron chi connectivity index (χ4n) is 2.16. The largest absolute Gasteiger partial charge is 0.359 e. The molecule has 0 saturated carbocycles. The Morgan fingerprint density at radius 2 is 1.96 bits per heavy atom. The number of halogens is 1. The molecule has 7 nitrogen and oxygen atoms in total. The van der Waals surface area contributed by atoms with E-state index in [9.17, 15) is 14.0 Å². The summed E-state index contributed by atoms with van der Waals surface area (Å²) in [5.41, 5.74) is 1.41. The highest BCUT2D eigenvalue weighted by atomic mass is 19.1. The number of amides is 3. The topological polar surface area (TPSA) is 87.5 Å². The third kappa shape index (κ3) is 3.65. The number of rotatable bonds is 3. The van der Waals surface area contributed by atoms with E-state index in [0.29, 0.717) is 22.8 Å². The standard InChI is InChI=1S/C15H17FN4O3/c1-8-14(9(2)23-19-8)20(4)15(22)18-13-7-11(17-10(3)21)5-6-12(13)16/h5-7H,1-4H3,(H,17,21)(H,18,22). The average molecular weight is 320 g/mol. The van der Waals surface area contributed by atoms with Crippen molar-refractivity contribution in [2.75, 3.05) is 22.6 Å². The molecule has 1 aromatic carbocycles. The first-order valence-electron chi connectivity index (χ1n) is 6.84. The van der Waals surface area contributed by atoms with E-state index in [1.807, 2.05) is 0 Å².